The maximum atomic E-state index is 12.8. The minimum absolute atomic E-state index is 0.357. The molecule has 2 aromatic rings. The van der Waals surface area contributed by atoms with Crippen molar-refractivity contribution < 1.29 is 13.4 Å². The second-order valence-electron chi connectivity index (χ2n) is 7.18. The first-order chi connectivity index (χ1) is 13.1. The van der Waals surface area contributed by atoms with Gasteiger partial charge in [0, 0.05) is 24.8 Å². The Labute approximate surface area is 161 Å². The van der Waals surface area contributed by atoms with Crippen LogP contribution in [0.2, 0.25) is 0 Å². The molecular formula is C20H27N4O2S+. The highest BCUT2D eigenvalue weighted by molar-refractivity contribution is 7.89. The van der Waals surface area contributed by atoms with Gasteiger partial charge < -0.3 is 4.90 Å². The number of hydrogen-bond acceptors (Lipinski definition) is 4. The van der Waals surface area contributed by atoms with Crippen molar-refractivity contribution in [3.05, 3.63) is 48.7 Å². The van der Waals surface area contributed by atoms with Gasteiger partial charge in [0.2, 0.25) is 10.0 Å². The van der Waals surface area contributed by atoms with E-state index in [0.717, 1.165) is 51.3 Å². The average molecular weight is 388 g/mol. The van der Waals surface area contributed by atoms with E-state index in [1.165, 1.54) is 5.69 Å². The molecule has 0 aliphatic carbocycles. The first-order valence-electron chi connectivity index (χ1n) is 9.71. The molecule has 0 bridgehead atoms. The topological polar surface area (TPSA) is 58.0 Å². The number of benzene rings is 1. The van der Waals surface area contributed by atoms with Crippen molar-refractivity contribution in [2.75, 3.05) is 49.1 Å². The van der Waals surface area contributed by atoms with Crippen LogP contribution in [0, 0.1) is 0 Å². The minimum atomic E-state index is -3.38. The number of nitrogens with zero attached hydrogens (tertiary/aromatic N) is 3. The number of hydrogen-bond donors (Lipinski definition) is 0. The van der Waals surface area contributed by atoms with Crippen LogP contribution < -0.4 is 14.8 Å². The Bertz CT molecular complexity index is 841. The SMILES string of the molecule is O=S(=O)(c1ccc(N2CCN(c3ccccc3)CC2)[nH+]c1)N1CCCCC1. The Balaban J connectivity index is 1.41. The van der Waals surface area contributed by atoms with E-state index in [9.17, 15) is 8.42 Å². The Morgan fingerprint density at radius 1 is 0.741 bits per heavy atom. The molecule has 0 atom stereocenters. The Kier molecular flexibility index (Phi) is 5.31. The van der Waals surface area contributed by atoms with Crippen LogP contribution in [0.15, 0.2) is 53.6 Å². The number of piperazine rings is 1. The molecule has 1 aromatic heterocycles. The standard InChI is InChI=1S/C20H26N4O2S/c25-27(26,24-11-5-2-6-12-24)19-9-10-20(21-17-19)23-15-13-22(14-16-23)18-7-3-1-4-8-18/h1,3-4,7-10,17H,2,5-6,11-16H2/p+1. The highest BCUT2D eigenvalue weighted by Gasteiger charge is 2.28. The summed E-state index contributed by atoms with van der Waals surface area (Å²) >= 11 is 0. The molecule has 3 heterocycles. The summed E-state index contributed by atoms with van der Waals surface area (Å²) in [4.78, 5) is 8.22. The lowest BCUT2D eigenvalue weighted by Gasteiger charge is -2.32. The number of para-hydroxylation sites is 1. The summed E-state index contributed by atoms with van der Waals surface area (Å²) in [6, 6.07) is 14.1. The van der Waals surface area contributed by atoms with Crippen LogP contribution in [-0.2, 0) is 10.0 Å². The zero-order valence-electron chi connectivity index (χ0n) is 15.5. The van der Waals surface area contributed by atoms with Gasteiger partial charge in [-0.3, -0.25) is 4.90 Å². The molecule has 6 nitrogen and oxygen atoms in total. The van der Waals surface area contributed by atoms with Gasteiger partial charge in [-0.15, -0.1) is 0 Å². The fraction of sp³-hybridized carbons (Fsp3) is 0.450. The number of piperidine rings is 1. The highest BCUT2D eigenvalue weighted by Crippen LogP contribution is 2.21. The number of rotatable bonds is 4. The van der Waals surface area contributed by atoms with Crippen molar-refractivity contribution in [3.8, 4) is 0 Å². The van der Waals surface area contributed by atoms with E-state index in [0.29, 0.717) is 18.0 Å². The number of aromatic nitrogens is 1. The zero-order valence-corrected chi connectivity index (χ0v) is 16.4. The molecule has 2 aliphatic rings. The molecule has 0 amide bonds. The number of anilines is 2. The second-order valence-corrected chi connectivity index (χ2v) is 9.12. The molecule has 0 spiro atoms. The molecule has 1 aromatic carbocycles. The summed E-state index contributed by atoms with van der Waals surface area (Å²) in [5.74, 6) is 0.973. The van der Waals surface area contributed by atoms with Crippen LogP contribution in [0.5, 0.6) is 0 Å². The smallest absolute Gasteiger partial charge is 0.274 e. The first-order valence-corrected chi connectivity index (χ1v) is 11.2. The predicted octanol–water partition coefficient (Wildman–Crippen LogP) is 2.00. The molecule has 2 fully saturated rings. The number of sulfonamides is 1. The summed E-state index contributed by atoms with van der Waals surface area (Å²) in [6.45, 7) is 4.97. The lowest BCUT2D eigenvalue weighted by Crippen LogP contribution is -2.48. The lowest BCUT2D eigenvalue weighted by atomic mass is 10.2. The van der Waals surface area contributed by atoms with E-state index in [4.69, 9.17) is 0 Å². The number of nitrogens with one attached hydrogen (secondary N) is 1. The van der Waals surface area contributed by atoms with Crippen LogP contribution in [0.25, 0.3) is 0 Å². The van der Waals surface area contributed by atoms with Crippen molar-refractivity contribution in [1.82, 2.24) is 4.31 Å². The van der Waals surface area contributed by atoms with Gasteiger partial charge in [0.25, 0.3) is 5.82 Å². The summed E-state index contributed by atoms with van der Waals surface area (Å²) in [5, 5.41) is 0. The van der Waals surface area contributed by atoms with Crippen LogP contribution in [-0.4, -0.2) is 52.0 Å². The van der Waals surface area contributed by atoms with E-state index in [2.05, 4.69) is 39.0 Å². The van der Waals surface area contributed by atoms with Gasteiger partial charge >= 0.3 is 0 Å². The number of pyridine rings is 1. The third kappa shape index (κ3) is 3.94. The minimum Gasteiger partial charge on any atom is -0.364 e. The van der Waals surface area contributed by atoms with Gasteiger partial charge in [0.15, 0.2) is 0 Å². The second kappa shape index (κ2) is 7.86. The third-order valence-corrected chi connectivity index (χ3v) is 7.36. The van der Waals surface area contributed by atoms with Gasteiger partial charge in [0.05, 0.1) is 13.1 Å². The molecule has 0 saturated carbocycles. The molecule has 4 rings (SSSR count). The molecule has 0 unspecified atom stereocenters. The van der Waals surface area contributed by atoms with Gasteiger partial charge in [-0.25, -0.2) is 13.4 Å². The van der Waals surface area contributed by atoms with Crippen LogP contribution in [0.4, 0.5) is 11.5 Å². The Morgan fingerprint density at radius 2 is 1.41 bits per heavy atom. The normalized spacial score (nSPS) is 19.3. The molecule has 2 saturated heterocycles. The molecule has 7 heteroatoms. The van der Waals surface area contributed by atoms with Crippen molar-refractivity contribution in [2.24, 2.45) is 0 Å². The van der Waals surface area contributed by atoms with Crippen molar-refractivity contribution in [2.45, 2.75) is 24.2 Å². The maximum Gasteiger partial charge on any atom is 0.274 e. The number of H-pyrrole nitrogens is 1. The largest absolute Gasteiger partial charge is 0.364 e. The van der Waals surface area contributed by atoms with Gasteiger partial charge in [-0.05, 0) is 31.0 Å². The lowest BCUT2D eigenvalue weighted by molar-refractivity contribution is -0.367. The first kappa shape index (κ1) is 18.3. The van der Waals surface area contributed by atoms with E-state index >= 15 is 0 Å². The van der Waals surface area contributed by atoms with Crippen LogP contribution in [0.3, 0.4) is 0 Å². The van der Waals surface area contributed by atoms with Crippen LogP contribution in [0.1, 0.15) is 19.3 Å². The van der Waals surface area contributed by atoms with Crippen molar-refractivity contribution in [3.63, 3.8) is 0 Å². The molecule has 144 valence electrons. The summed E-state index contributed by atoms with van der Waals surface area (Å²) in [6.07, 6.45) is 4.66. The summed E-state index contributed by atoms with van der Waals surface area (Å²) in [7, 11) is -3.38. The number of aromatic amines is 1. The molecule has 2 aliphatic heterocycles. The van der Waals surface area contributed by atoms with E-state index < -0.39 is 10.0 Å². The van der Waals surface area contributed by atoms with E-state index in [1.54, 1.807) is 16.6 Å². The van der Waals surface area contributed by atoms with Gasteiger partial charge in [-0.1, -0.05) is 24.6 Å². The van der Waals surface area contributed by atoms with Crippen LogP contribution >= 0.6 is 0 Å². The van der Waals surface area contributed by atoms with Crippen molar-refractivity contribution >= 4 is 21.5 Å². The van der Waals surface area contributed by atoms with Gasteiger partial charge in [-0.2, -0.15) is 4.31 Å². The molecule has 27 heavy (non-hydrogen) atoms. The fourth-order valence-electron chi connectivity index (χ4n) is 3.86. The summed E-state index contributed by atoms with van der Waals surface area (Å²) < 4.78 is 27.1. The monoisotopic (exact) mass is 387 g/mol. The molecule has 0 radical (unpaired) electrons. The zero-order chi connectivity index (χ0) is 18.7. The highest BCUT2D eigenvalue weighted by atomic mass is 32.2. The Morgan fingerprint density at radius 3 is 2.04 bits per heavy atom. The molecular weight excluding hydrogens is 360 g/mol. The van der Waals surface area contributed by atoms with E-state index in [1.807, 2.05) is 12.1 Å². The quantitative estimate of drug-likeness (QED) is 0.805. The van der Waals surface area contributed by atoms with E-state index in [-0.39, 0.29) is 0 Å². The fourth-order valence-corrected chi connectivity index (χ4v) is 5.34. The summed E-state index contributed by atoms with van der Waals surface area (Å²) in [5.41, 5.74) is 1.25. The Hall–Kier alpha value is -2.12. The maximum absolute atomic E-state index is 12.8. The third-order valence-electron chi connectivity index (χ3n) is 5.46. The van der Waals surface area contributed by atoms with Gasteiger partial charge in [0.1, 0.15) is 24.2 Å². The average Bonchev–Trinajstić information content (AvgIpc) is 2.75. The molecule has 1 N–H and O–H groups in total. The van der Waals surface area contributed by atoms with Crippen molar-refractivity contribution in [1.29, 1.82) is 0 Å². The predicted molar refractivity (Wildman–Crippen MR) is 106 cm³/mol.